The molecule has 102 valence electrons. The van der Waals surface area contributed by atoms with Crippen molar-refractivity contribution in [3.8, 4) is 0 Å². The number of carbonyl (C=O) groups is 1. The van der Waals surface area contributed by atoms with Gasteiger partial charge in [0, 0.05) is 38.8 Å². The van der Waals surface area contributed by atoms with Gasteiger partial charge >= 0.3 is 0 Å². The number of anilines is 1. The Morgan fingerprint density at radius 3 is 2.53 bits per heavy atom. The molecule has 0 spiro atoms. The Kier molecular flexibility index (Phi) is 3.96. The van der Waals surface area contributed by atoms with Crippen molar-refractivity contribution < 1.29 is 9.72 Å². The molecule has 1 fully saturated rings. The van der Waals surface area contributed by atoms with Crippen LogP contribution in [-0.4, -0.2) is 42.4 Å². The lowest BCUT2D eigenvalue weighted by molar-refractivity contribution is -0.384. The highest BCUT2D eigenvalue weighted by Crippen LogP contribution is 2.29. The lowest BCUT2D eigenvalue weighted by Crippen LogP contribution is -2.45. The molecule has 1 aromatic carbocycles. The highest BCUT2D eigenvalue weighted by molar-refractivity contribution is 5.65. The van der Waals surface area contributed by atoms with Crippen LogP contribution in [0.3, 0.4) is 0 Å². The van der Waals surface area contributed by atoms with Crippen molar-refractivity contribution in [2.75, 3.05) is 31.1 Å². The van der Waals surface area contributed by atoms with Gasteiger partial charge in [0.1, 0.15) is 5.69 Å². The molecule has 2 rings (SSSR count). The molecule has 1 aromatic rings. The first-order valence-corrected chi connectivity index (χ1v) is 6.07. The number of hydrogen-bond acceptors (Lipinski definition) is 5. The van der Waals surface area contributed by atoms with E-state index in [1.54, 1.807) is 17.0 Å². The Labute approximate surface area is 110 Å². The molecule has 0 atom stereocenters. The third-order valence-corrected chi connectivity index (χ3v) is 3.28. The summed E-state index contributed by atoms with van der Waals surface area (Å²) >= 11 is 0. The predicted molar refractivity (Wildman–Crippen MR) is 70.8 cm³/mol. The minimum absolute atomic E-state index is 0.0718. The molecular weight excluding hydrogens is 248 g/mol. The fourth-order valence-corrected chi connectivity index (χ4v) is 2.18. The van der Waals surface area contributed by atoms with Crippen LogP contribution in [0.1, 0.15) is 5.56 Å². The Morgan fingerprint density at radius 2 is 2.00 bits per heavy atom. The maximum atomic E-state index is 11.1. The van der Waals surface area contributed by atoms with Crippen molar-refractivity contribution in [2.45, 2.75) is 6.54 Å². The smallest absolute Gasteiger partial charge is 0.292 e. The Morgan fingerprint density at radius 1 is 1.32 bits per heavy atom. The van der Waals surface area contributed by atoms with Crippen molar-refractivity contribution in [3.05, 3.63) is 33.9 Å². The summed E-state index contributed by atoms with van der Waals surface area (Å²) in [6, 6.07) is 5.05. The maximum absolute atomic E-state index is 11.1. The molecule has 1 heterocycles. The average molecular weight is 264 g/mol. The summed E-state index contributed by atoms with van der Waals surface area (Å²) in [4.78, 5) is 25.0. The third kappa shape index (κ3) is 2.82. The predicted octanol–water partition coefficient (Wildman–Crippen LogP) is 0.332. The van der Waals surface area contributed by atoms with Crippen LogP contribution in [0.4, 0.5) is 11.4 Å². The molecule has 0 bridgehead atoms. The van der Waals surface area contributed by atoms with E-state index in [4.69, 9.17) is 5.73 Å². The molecule has 19 heavy (non-hydrogen) atoms. The van der Waals surface area contributed by atoms with E-state index in [0.717, 1.165) is 12.0 Å². The SMILES string of the molecule is NCc1ccc(N2CCN(C=O)CC2)c([N+](=O)[O-])c1. The highest BCUT2D eigenvalue weighted by atomic mass is 16.6. The molecule has 1 saturated heterocycles. The molecular formula is C12H16N4O3. The quantitative estimate of drug-likeness (QED) is 0.480. The standard InChI is InChI=1S/C12H16N4O3/c13-8-10-1-2-11(12(7-10)16(18)19)15-5-3-14(9-17)4-6-15/h1-2,7,9H,3-6,8,13H2. The van der Waals surface area contributed by atoms with Crippen molar-refractivity contribution in [2.24, 2.45) is 5.73 Å². The monoisotopic (exact) mass is 264 g/mol. The zero-order valence-corrected chi connectivity index (χ0v) is 10.5. The van der Waals surface area contributed by atoms with Gasteiger partial charge in [0.05, 0.1) is 4.92 Å². The number of nitro benzene ring substituents is 1. The fourth-order valence-electron chi connectivity index (χ4n) is 2.18. The largest absolute Gasteiger partial charge is 0.362 e. The lowest BCUT2D eigenvalue weighted by atomic mass is 10.1. The molecule has 1 aliphatic rings. The molecule has 0 aliphatic carbocycles. The molecule has 0 unspecified atom stereocenters. The summed E-state index contributed by atoms with van der Waals surface area (Å²) in [7, 11) is 0. The number of nitrogens with zero attached hydrogens (tertiary/aromatic N) is 3. The van der Waals surface area contributed by atoms with Crippen LogP contribution in [0.25, 0.3) is 0 Å². The van der Waals surface area contributed by atoms with E-state index in [0.29, 0.717) is 31.9 Å². The second-order valence-corrected chi connectivity index (χ2v) is 4.41. The normalized spacial score (nSPS) is 15.4. The molecule has 0 aromatic heterocycles. The average Bonchev–Trinajstić information content (AvgIpc) is 2.46. The van der Waals surface area contributed by atoms with Crippen molar-refractivity contribution in [3.63, 3.8) is 0 Å². The number of hydrogen-bond donors (Lipinski definition) is 1. The summed E-state index contributed by atoms with van der Waals surface area (Å²) in [5.41, 5.74) is 6.90. The number of benzene rings is 1. The maximum Gasteiger partial charge on any atom is 0.292 e. The van der Waals surface area contributed by atoms with Gasteiger partial charge in [-0.15, -0.1) is 0 Å². The van der Waals surface area contributed by atoms with Crippen LogP contribution < -0.4 is 10.6 Å². The summed E-state index contributed by atoms with van der Waals surface area (Å²) in [6.07, 6.45) is 0.809. The van der Waals surface area contributed by atoms with E-state index >= 15 is 0 Å². The van der Waals surface area contributed by atoms with E-state index < -0.39 is 0 Å². The number of rotatable bonds is 4. The second kappa shape index (κ2) is 5.66. The first-order chi connectivity index (χ1) is 9.15. The van der Waals surface area contributed by atoms with E-state index in [2.05, 4.69) is 0 Å². The van der Waals surface area contributed by atoms with Gasteiger partial charge in [-0.2, -0.15) is 0 Å². The number of amides is 1. The highest BCUT2D eigenvalue weighted by Gasteiger charge is 2.23. The zero-order chi connectivity index (χ0) is 13.8. The molecule has 7 nitrogen and oxygen atoms in total. The van der Waals surface area contributed by atoms with Crippen LogP contribution in [-0.2, 0) is 11.3 Å². The van der Waals surface area contributed by atoms with E-state index in [1.165, 1.54) is 6.07 Å². The summed E-state index contributed by atoms with van der Waals surface area (Å²) in [6.45, 7) is 2.64. The topological polar surface area (TPSA) is 92.7 Å². The Hall–Kier alpha value is -2.15. The molecule has 1 amide bonds. The van der Waals surface area contributed by atoms with E-state index in [9.17, 15) is 14.9 Å². The second-order valence-electron chi connectivity index (χ2n) is 4.41. The summed E-state index contributed by atoms with van der Waals surface area (Å²) in [5.74, 6) is 0. The van der Waals surface area contributed by atoms with Crippen LogP contribution in [0.2, 0.25) is 0 Å². The van der Waals surface area contributed by atoms with Crippen molar-refractivity contribution >= 4 is 17.8 Å². The van der Waals surface area contributed by atoms with Gasteiger partial charge in [0.2, 0.25) is 6.41 Å². The Bertz CT molecular complexity index is 484. The number of carbonyl (C=O) groups excluding carboxylic acids is 1. The summed E-state index contributed by atoms with van der Waals surface area (Å²) in [5, 5.41) is 11.1. The first-order valence-electron chi connectivity index (χ1n) is 6.07. The molecule has 0 saturated carbocycles. The van der Waals surface area contributed by atoms with Gasteiger partial charge in [-0.1, -0.05) is 6.07 Å². The summed E-state index contributed by atoms with van der Waals surface area (Å²) < 4.78 is 0. The minimum Gasteiger partial charge on any atom is -0.362 e. The number of nitrogens with two attached hydrogens (primary N) is 1. The van der Waals surface area contributed by atoms with Crippen LogP contribution in [0, 0.1) is 10.1 Å². The van der Waals surface area contributed by atoms with Gasteiger partial charge in [-0.25, -0.2) is 0 Å². The van der Waals surface area contributed by atoms with Crippen LogP contribution >= 0.6 is 0 Å². The van der Waals surface area contributed by atoms with Gasteiger partial charge in [0.25, 0.3) is 5.69 Å². The molecule has 0 radical (unpaired) electrons. The van der Waals surface area contributed by atoms with Gasteiger partial charge in [0.15, 0.2) is 0 Å². The minimum atomic E-state index is -0.388. The third-order valence-electron chi connectivity index (χ3n) is 3.28. The van der Waals surface area contributed by atoms with Gasteiger partial charge < -0.3 is 15.5 Å². The number of piperazine rings is 1. The van der Waals surface area contributed by atoms with Crippen LogP contribution in [0.15, 0.2) is 18.2 Å². The van der Waals surface area contributed by atoms with Gasteiger partial charge in [-0.3, -0.25) is 14.9 Å². The lowest BCUT2D eigenvalue weighted by Gasteiger charge is -2.33. The van der Waals surface area contributed by atoms with E-state index in [1.807, 2.05) is 4.90 Å². The number of nitro groups is 1. The first kappa shape index (κ1) is 13.3. The van der Waals surface area contributed by atoms with Crippen LogP contribution in [0.5, 0.6) is 0 Å². The zero-order valence-electron chi connectivity index (χ0n) is 10.5. The van der Waals surface area contributed by atoms with Crippen molar-refractivity contribution in [1.82, 2.24) is 4.90 Å². The van der Waals surface area contributed by atoms with Crippen molar-refractivity contribution in [1.29, 1.82) is 0 Å². The molecule has 7 heteroatoms. The van der Waals surface area contributed by atoms with E-state index in [-0.39, 0.29) is 17.2 Å². The van der Waals surface area contributed by atoms with Gasteiger partial charge in [-0.05, 0) is 11.6 Å². The molecule has 1 aliphatic heterocycles. The Balaban J connectivity index is 2.24. The molecule has 2 N–H and O–H groups in total. The fraction of sp³-hybridized carbons (Fsp3) is 0.417.